The maximum Gasteiger partial charge on any atom is 0.269 e. The third-order valence-electron chi connectivity index (χ3n) is 3.95. The van der Waals surface area contributed by atoms with Gasteiger partial charge in [-0.2, -0.15) is 5.10 Å². The van der Waals surface area contributed by atoms with Crippen LogP contribution in [-0.2, 0) is 11.3 Å². The van der Waals surface area contributed by atoms with Gasteiger partial charge in [0.2, 0.25) is 5.91 Å². The minimum atomic E-state index is -0.340. The molecule has 2 aromatic carbocycles. The second-order valence-corrected chi connectivity index (χ2v) is 6.64. The summed E-state index contributed by atoms with van der Waals surface area (Å²) in [6, 6.07) is 12.6. The summed E-state index contributed by atoms with van der Waals surface area (Å²) < 4.78 is 3.74. The molecule has 0 aliphatic heterocycles. The van der Waals surface area contributed by atoms with Gasteiger partial charge in [0.05, 0.1) is 28.6 Å². The van der Waals surface area contributed by atoms with E-state index in [2.05, 4.69) is 36.3 Å². The molecule has 4 aromatic rings. The van der Waals surface area contributed by atoms with Crippen LogP contribution in [0.15, 0.2) is 70.6 Å². The summed E-state index contributed by atoms with van der Waals surface area (Å²) >= 11 is 3.40. The molecule has 0 atom stereocenters. The van der Waals surface area contributed by atoms with Crippen LogP contribution in [0.5, 0.6) is 0 Å². The van der Waals surface area contributed by atoms with Crippen LogP contribution in [0.25, 0.3) is 16.7 Å². The van der Waals surface area contributed by atoms with Crippen LogP contribution in [0, 0.1) is 0 Å². The lowest BCUT2D eigenvalue weighted by Crippen LogP contribution is -2.28. The van der Waals surface area contributed by atoms with Crippen molar-refractivity contribution in [2.45, 2.75) is 6.54 Å². The molecule has 0 spiro atoms. The molecule has 4 rings (SSSR count). The SMILES string of the molecule is O=C(Cn1c(=O)cnc2ccccc21)Nc1cc(Br)ccc1-n1cncn1. The summed E-state index contributed by atoms with van der Waals surface area (Å²) in [6.45, 7) is -0.134. The topological polar surface area (TPSA) is 94.7 Å². The number of anilines is 1. The summed E-state index contributed by atoms with van der Waals surface area (Å²) in [6.07, 6.45) is 4.17. The van der Waals surface area contributed by atoms with E-state index in [1.807, 2.05) is 18.2 Å². The number of nitrogens with zero attached hydrogens (tertiary/aromatic N) is 5. The molecule has 0 aliphatic rings. The molecule has 2 aromatic heterocycles. The summed E-state index contributed by atoms with van der Waals surface area (Å²) in [4.78, 5) is 32.9. The molecule has 0 unspecified atom stereocenters. The third-order valence-corrected chi connectivity index (χ3v) is 4.45. The Bertz CT molecular complexity index is 1190. The Labute approximate surface area is 161 Å². The highest BCUT2D eigenvalue weighted by atomic mass is 79.9. The van der Waals surface area contributed by atoms with Crippen molar-refractivity contribution in [3.63, 3.8) is 0 Å². The largest absolute Gasteiger partial charge is 0.323 e. The van der Waals surface area contributed by atoms with Crippen molar-refractivity contribution in [3.05, 3.63) is 76.1 Å². The van der Waals surface area contributed by atoms with E-state index in [4.69, 9.17) is 0 Å². The number of aromatic nitrogens is 5. The van der Waals surface area contributed by atoms with Crippen LogP contribution in [0.1, 0.15) is 0 Å². The van der Waals surface area contributed by atoms with Gasteiger partial charge >= 0.3 is 0 Å². The van der Waals surface area contributed by atoms with Gasteiger partial charge in [-0.3, -0.25) is 14.2 Å². The number of halogens is 1. The summed E-state index contributed by atoms with van der Waals surface area (Å²) in [5, 5.41) is 6.94. The van der Waals surface area contributed by atoms with E-state index in [1.54, 1.807) is 35.3 Å². The van der Waals surface area contributed by atoms with Crippen LogP contribution < -0.4 is 10.9 Å². The van der Waals surface area contributed by atoms with E-state index >= 15 is 0 Å². The van der Waals surface area contributed by atoms with E-state index in [1.165, 1.54) is 17.1 Å². The van der Waals surface area contributed by atoms with E-state index in [0.717, 1.165) is 4.47 Å². The lowest BCUT2D eigenvalue weighted by Gasteiger charge is -2.13. The standard InChI is InChI=1S/C18H13BrN6O2/c19-12-5-6-16(25-11-20-10-22-25)14(7-12)23-17(26)9-24-15-4-2-1-3-13(15)21-8-18(24)27/h1-8,10-11H,9H2,(H,23,26). The van der Waals surface area contributed by atoms with Gasteiger partial charge in [0.25, 0.3) is 5.56 Å². The minimum absolute atomic E-state index is 0.134. The van der Waals surface area contributed by atoms with Gasteiger partial charge in [0.15, 0.2) is 0 Å². The lowest BCUT2D eigenvalue weighted by molar-refractivity contribution is -0.116. The van der Waals surface area contributed by atoms with Gasteiger partial charge in [-0.1, -0.05) is 28.1 Å². The van der Waals surface area contributed by atoms with Gasteiger partial charge in [-0.05, 0) is 30.3 Å². The second-order valence-electron chi connectivity index (χ2n) is 5.72. The van der Waals surface area contributed by atoms with Crippen molar-refractivity contribution >= 4 is 38.6 Å². The number of carbonyl (C=O) groups is 1. The number of carbonyl (C=O) groups excluding carboxylic acids is 1. The molecular weight excluding hydrogens is 412 g/mol. The molecule has 1 amide bonds. The normalized spacial score (nSPS) is 10.9. The average molecular weight is 425 g/mol. The molecule has 1 N–H and O–H groups in total. The fourth-order valence-electron chi connectivity index (χ4n) is 2.75. The number of benzene rings is 2. The zero-order valence-electron chi connectivity index (χ0n) is 13.9. The quantitative estimate of drug-likeness (QED) is 0.542. The predicted octanol–water partition coefficient (Wildman–Crippen LogP) is 2.38. The average Bonchev–Trinajstić information content (AvgIpc) is 3.19. The highest BCUT2D eigenvalue weighted by Gasteiger charge is 2.13. The first-order chi connectivity index (χ1) is 13.1. The molecule has 0 bridgehead atoms. The first kappa shape index (κ1) is 17.1. The summed E-state index contributed by atoms with van der Waals surface area (Å²) in [7, 11) is 0. The number of para-hydroxylation sites is 2. The predicted molar refractivity (Wildman–Crippen MR) is 104 cm³/mol. The maximum absolute atomic E-state index is 12.7. The molecule has 0 saturated heterocycles. The van der Waals surface area contributed by atoms with Crippen molar-refractivity contribution in [1.29, 1.82) is 0 Å². The molecule has 0 radical (unpaired) electrons. The van der Waals surface area contributed by atoms with Crippen LogP contribution in [0.4, 0.5) is 5.69 Å². The number of fused-ring (bicyclic) bond motifs is 1. The third kappa shape index (κ3) is 3.49. The number of hydrogen-bond acceptors (Lipinski definition) is 5. The minimum Gasteiger partial charge on any atom is -0.323 e. The lowest BCUT2D eigenvalue weighted by atomic mass is 10.2. The Balaban J connectivity index is 1.66. The van der Waals surface area contributed by atoms with Gasteiger partial charge in [0.1, 0.15) is 19.2 Å². The Morgan fingerprint density at radius 3 is 2.85 bits per heavy atom. The Morgan fingerprint density at radius 1 is 1.19 bits per heavy atom. The van der Waals surface area contributed by atoms with E-state index in [-0.39, 0.29) is 18.0 Å². The smallest absolute Gasteiger partial charge is 0.269 e. The number of rotatable bonds is 4. The monoisotopic (exact) mass is 424 g/mol. The van der Waals surface area contributed by atoms with Crippen molar-refractivity contribution < 1.29 is 4.79 Å². The molecule has 8 nitrogen and oxygen atoms in total. The number of nitrogens with one attached hydrogen (secondary N) is 1. The first-order valence-corrected chi connectivity index (χ1v) is 8.80. The summed E-state index contributed by atoms with van der Waals surface area (Å²) in [5.41, 5.74) is 2.12. The highest BCUT2D eigenvalue weighted by Crippen LogP contribution is 2.24. The highest BCUT2D eigenvalue weighted by molar-refractivity contribution is 9.10. The van der Waals surface area contributed by atoms with Gasteiger partial charge < -0.3 is 5.32 Å². The van der Waals surface area contributed by atoms with Crippen LogP contribution in [0.2, 0.25) is 0 Å². The van der Waals surface area contributed by atoms with Crippen LogP contribution in [0.3, 0.4) is 0 Å². The molecule has 0 aliphatic carbocycles. The number of amides is 1. The fourth-order valence-corrected chi connectivity index (χ4v) is 3.11. The molecule has 134 valence electrons. The first-order valence-electron chi connectivity index (χ1n) is 8.01. The Hall–Kier alpha value is -3.33. The van der Waals surface area contributed by atoms with Crippen molar-refractivity contribution in [1.82, 2.24) is 24.3 Å². The fraction of sp³-hybridized carbons (Fsp3) is 0.0556. The Morgan fingerprint density at radius 2 is 2.04 bits per heavy atom. The Kier molecular flexibility index (Phi) is 4.51. The molecular formula is C18H13BrN6O2. The van der Waals surface area contributed by atoms with Crippen molar-refractivity contribution in [3.8, 4) is 5.69 Å². The molecule has 2 heterocycles. The van der Waals surface area contributed by atoms with Gasteiger partial charge in [-0.25, -0.2) is 14.6 Å². The van der Waals surface area contributed by atoms with Gasteiger partial charge in [0, 0.05) is 4.47 Å². The maximum atomic E-state index is 12.7. The van der Waals surface area contributed by atoms with Gasteiger partial charge in [-0.15, -0.1) is 0 Å². The van der Waals surface area contributed by atoms with E-state index < -0.39 is 0 Å². The zero-order valence-corrected chi connectivity index (χ0v) is 15.5. The van der Waals surface area contributed by atoms with E-state index in [9.17, 15) is 9.59 Å². The van der Waals surface area contributed by atoms with Crippen LogP contribution in [-0.4, -0.2) is 30.2 Å². The zero-order chi connectivity index (χ0) is 18.8. The molecule has 0 fully saturated rings. The number of hydrogen-bond donors (Lipinski definition) is 1. The van der Waals surface area contributed by atoms with Crippen LogP contribution >= 0.6 is 15.9 Å². The molecule has 0 saturated carbocycles. The van der Waals surface area contributed by atoms with Crippen molar-refractivity contribution in [2.75, 3.05) is 5.32 Å². The summed E-state index contributed by atoms with van der Waals surface area (Å²) in [5.74, 6) is -0.340. The molecule has 9 heteroatoms. The second kappa shape index (κ2) is 7.12. The van der Waals surface area contributed by atoms with Crippen molar-refractivity contribution in [2.24, 2.45) is 0 Å². The van der Waals surface area contributed by atoms with E-state index in [0.29, 0.717) is 22.4 Å². The molecule has 27 heavy (non-hydrogen) atoms.